The minimum Gasteiger partial charge on any atom is -0.507 e. The van der Waals surface area contributed by atoms with Crippen LogP contribution in [0.3, 0.4) is 0 Å². The molecule has 3 aromatic rings. The third kappa shape index (κ3) is 3.97. The normalized spacial score (nSPS) is 13.8. The third-order valence-corrected chi connectivity index (χ3v) is 6.79. The van der Waals surface area contributed by atoms with Crippen molar-refractivity contribution < 1.29 is 9.50 Å². The van der Waals surface area contributed by atoms with Gasteiger partial charge < -0.3 is 5.11 Å². The monoisotopic (exact) mass is 366 g/mol. The lowest BCUT2D eigenvalue weighted by atomic mass is 9.92. The Bertz CT molecular complexity index is 878. The fourth-order valence-electron chi connectivity index (χ4n) is 3.20. The van der Waals surface area contributed by atoms with E-state index in [0.29, 0.717) is 17.5 Å². The summed E-state index contributed by atoms with van der Waals surface area (Å²) in [6.07, 6.45) is 1.51. The summed E-state index contributed by atoms with van der Waals surface area (Å²) in [5.74, 6) is 0.162. The molecular formula is C23H24FOP. The van der Waals surface area contributed by atoms with Gasteiger partial charge in [0.15, 0.2) is 0 Å². The molecule has 0 aliphatic heterocycles. The molecule has 3 aromatic carbocycles. The molecule has 0 radical (unpaired) electrons. The number of hydrogen-bond acceptors (Lipinski definition) is 1. The minimum absolute atomic E-state index is 0.176. The Labute approximate surface area is 156 Å². The second kappa shape index (κ2) is 8.01. The van der Waals surface area contributed by atoms with E-state index in [0.717, 1.165) is 23.1 Å². The molecule has 134 valence electrons. The molecule has 0 spiro atoms. The van der Waals surface area contributed by atoms with Crippen molar-refractivity contribution in [2.24, 2.45) is 0 Å². The van der Waals surface area contributed by atoms with E-state index in [1.54, 1.807) is 6.07 Å². The maximum Gasteiger partial charge on any atom is 0.130 e. The van der Waals surface area contributed by atoms with Gasteiger partial charge >= 0.3 is 0 Å². The average Bonchev–Trinajstić information content (AvgIpc) is 2.66. The Morgan fingerprint density at radius 2 is 1.62 bits per heavy atom. The van der Waals surface area contributed by atoms with Gasteiger partial charge in [-0.25, -0.2) is 4.39 Å². The summed E-state index contributed by atoms with van der Waals surface area (Å²) in [4.78, 5) is 0. The smallest absolute Gasteiger partial charge is 0.130 e. The van der Waals surface area contributed by atoms with Crippen molar-refractivity contribution in [2.45, 2.75) is 31.8 Å². The topological polar surface area (TPSA) is 20.2 Å². The number of phenols is 1. The third-order valence-electron chi connectivity index (χ3n) is 4.94. The summed E-state index contributed by atoms with van der Waals surface area (Å²) in [5.41, 5.74) is 2.97. The molecular weight excluding hydrogens is 342 g/mol. The lowest BCUT2D eigenvalue weighted by molar-refractivity contribution is 0.451. The van der Waals surface area contributed by atoms with Gasteiger partial charge in [-0.05, 0) is 23.6 Å². The zero-order valence-corrected chi connectivity index (χ0v) is 16.2. The highest BCUT2D eigenvalue weighted by Crippen LogP contribution is 2.48. The lowest BCUT2D eigenvalue weighted by Crippen LogP contribution is -2.20. The van der Waals surface area contributed by atoms with Crippen LogP contribution in [0.5, 0.6) is 5.75 Å². The second-order valence-electron chi connectivity index (χ2n) is 6.77. The molecule has 1 N–H and O–H groups in total. The first-order valence-corrected chi connectivity index (χ1v) is 9.91. The van der Waals surface area contributed by atoms with Crippen LogP contribution in [-0.2, 0) is 11.6 Å². The van der Waals surface area contributed by atoms with Crippen LogP contribution in [0.1, 0.15) is 37.0 Å². The molecule has 2 unspecified atom stereocenters. The average molecular weight is 366 g/mol. The van der Waals surface area contributed by atoms with Crippen molar-refractivity contribution in [3.8, 4) is 5.75 Å². The molecule has 3 heteroatoms. The van der Waals surface area contributed by atoms with Crippen molar-refractivity contribution >= 4 is 13.9 Å². The van der Waals surface area contributed by atoms with Crippen LogP contribution in [0.4, 0.5) is 4.39 Å². The van der Waals surface area contributed by atoms with Crippen molar-refractivity contribution in [3.05, 3.63) is 95.3 Å². The highest BCUT2D eigenvalue weighted by atomic mass is 31.1. The Hall–Kier alpha value is -2.18. The Morgan fingerprint density at radius 3 is 2.31 bits per heavy atom. The first-order chi connectivity index (χ1) is 12.5. The summed E-state index contributed by atoms with van der Waals surface area (Å²) in [7, 11) is 0.250. The van der Waals surface area contributed by atoms with E-state index in [4.69, 9.17) is 0 Å². The molecule has 0 fully saturated rings. The summed E-state index contributed by atoms with van der Waals surface area (Å²) in [5, 5.41) is 11.4. The first-order valence-electron chi connectivity index (χ1n) is 8.91. The molecule has 0 bridgehead atoms. The maximum atomic E-state index is 14.2. The maximum absolute atomic E-state index is 14.2. The van der Waals surface area contributed by atoms with Gasteiger partial charge in [-0.2, -0.15) is 0 Å². The first kappa shape index (κ1) is 18.6. The minimum atomic E-state index is -0.307. The molecule has 2 atom stereocenters. The standard InChI is InChI=1S/C23H24FOP/c1-3-23(2,26-21-15-8-7-14-20(21)24)19-13-9-12-18(22(19)25)16-17-10-5-4-6-11-17/h4-15,25-26H,3,16H2,1-2H3. The van der Waals surface area contributed by atoms with Gasteiger partial charge in [0.05, 0.1) is 0 Å². The molecule has 0 aliphatic carbocycles. The van der Waals surface area contributed by atoms with Crippen LogP contribution in [0.25, 0.3) is 0 Å². The predicted octanol–water partition coefficient (Wildman–Crippen LogP) is 5.75. The van der Waals surface area contributed by atoms with Gasteiger partial charge in [0.1, 0.15) is 11.6 Å². The quantitative estimate of drug-likeness (QED) is 0.551. The van der Waals surface area contributed by atoms with Crippen molar-refractivity contribution in [2.75, 3.05) is 0 Å². The van der Waals surface area contributed by atoms with Crippen molar-refractivity contribution in [1.29, 1.82) is 0 Å². The van der Waals surface area contributed by atoms with E-state index in [2.05, 4.69) is 26.0 Å². The van der Waals surface area contributed by atoms with Crippen molar-refractivity contribution in [3.63, 3.8) is 0 Å². The molecule has 0 aromatic heterocycles. The molecule has 0 saturated heterocycles. The van der Waals surface area contributed by atoms with Crippen LogP contribution in [0.15, 0.2) is 72.8 Å². The van der Waals surface area contributed by atoms with Crippen LogP contribution < -0.4 is 5.30 Å². The number of para-hydroxylation sites is 1. The lowest BCUT2D eigenvalue weighted by Gasteiger charge is -2.30. The zero-order chi connectivity index (χ0) is 18.6. The van der Waals surface area contributed by atoms with Gasteiger partial charge in [0, 0.05) is 22.4 Å². The number of aromatic hydroxyl groups is 1. The second-order valence-corrected chi connectivity index (χ2v) is 8.66. The fraction of sp³-hybridized carbons (Fsp3) is 0.217. The van der Waals surface area contributed by atoms with Gasteiger partial charge in [-0.3, -0.25) is 0 Å². The predicted molar refractivity (Wildman–Crippen MR) is 109 cm³/mol. The van der Waals surface area contributed by atoms with Gasteiger partial charge in [0.2, 0.25) is 0 Å². The number of rotatable bonds is 6. The van der Waals surface area contributed by atoms with Crippen molar-refractivity contribution in [1.82, 2.24) is 0 Å². The van der Waals surface area contributed by atoms with Gasteiger partial charge in [-0.15, -0.1) is 0 Å². The molecule has 0 heterocycles. The highest BCUT2D eigenvalue weighted by Gasteiger charge is 2.29. The van der Waals surface area contributed by atoms with E-state index >= 15 is 0 Å². The summed E-state index contributed by atoms with van der Waals surface area (Å²) in [6, 6.07) is 23.0. The highest BCUT2D eigenvalue weighted by molar-refractivity contribution is 7.48. The fourth-order valence-corrected chi connectivity index (χ4v) is 4.69. The van der Waals surface area contributed by atoms with E-state index in [1.807, 2.05) is 48.5 Å². The van der Waals surface area contributed by atoms with Crippen LogP contribution in [0.2, 0.25) is 0 Å². The molecule has 3 rings (SSSR count). The molecule has 0 aliphatic rings. The van der Waals surface area contributed by atoms with Gasteiger partial charge in [-0.1, -0.05) is 89.2 Å². The SMILES string of the molecule is CCC(C)(Pc1ccccc1F)c1cccc(Cc2ccccc2)c1O. The molecule has 0 amide bonds. The van der Waals surface area contributed by atoms with E-state index in [-0.39, 0.29) is 19.6 Å². The summed E-state index contributed by atoms with van der Waals surface area (Å²) < 4.78 is 14.2. The Morgan fingerprint density at radius 1 is 0.923 bits per heavy atom. The zero-order valence-electron chi connectivity index (χ0n) is 15.2. The van der Waals surface area contributed by atoms with Crippen LogP contribution >= 0.6 is 8.58 Å². The van der Waals surface area contributed by atoms with Gasteiger partial charge in [0.25, 0.3) is 0 Å². The summed E-state index contributed by atoms with van der Waals surface area (Å²) in [6.45, 7) is 4.20. The van der Waals surface area contributed by atoms with E-state index < -0.39 is 0 Å². The molecule has 0 saturated carbocycles. The van der Waals surface area contributed by atoms with Crippen LogP contribution in [0, 0.1) is 5.82 Å². The van der Waals surface area contributed by atoms with E-state index in [9.17, 15) is 9.50 Å². The number of halogens is 1. The van der Waals surface area contributed by atoms with E-state index in [1.165, 1.54) is 6.07 Å². The number of phenolic OH excluding ortho intramolecular Hbond substituents is 1. The molecule has 1 nitrogen and oxygen atoms in total. The Balaban J connectivity index is 1.96. The summed E-state index contributed by atoms with van der Waals surface area (Å²) >= 11 is 0. The van der Waals surface area contributed by atoms with Crippen LogP contribution in [-0.4, -0.2) is 5.11 Å². The number of hydrogen-bond donors (Lipinski definition) is 1. The Kier molecular flexibility index (Phi) is 5.74. The molecule has 26 heavy (non-hydrogen) atoms. The largest absolute Gasteiger partial charge is 0.507 e. The number of benzene rings is 3.